The zero-order valence-electron chi connectivity index (χ0n) is 11.0. The van der Waals surface area contributed by atoms with Gasteiger partial charge in [0.1, 0.15) is 0 Å². The molecule has 2 heterocycles. The summed E-state index contributed by atoms with van der Waals surface area (Å²) in [4.78, 5) is 14.5. The van der Waals surface area contributed by atoms with Gasteiger partial charge < -0.3 is 4.90 Å². The van der Waals surface area contributed by atoms with Gasteiger partial charge in [-0.15, -0.1) is 0 Å². The minimum Gasteiger partial charge on any atom is -0.338 e. The lowest BCUT2D eigenvalue weighted by atomic mass is 9.73. The number of rotatable bonds is 1. The van der Waals surface area contributed by atoms with Crippen LogP contribution in [0.1, 0.15) is 54.6 Å². The fraction of sp³-hybridized carbons (Fsp3) is 0.714. The van der Waals surface area contributed by atoms with Crippen LogP contribution in [0.4, 0.5) is 0 Å². The molecule has 1 aromatic heterocycles. The third-order valence-electron chi connectivity index (χ3n) is 4.70. The Morgan fingerprint density at radius 2 is 2.11 bits per heavy atom. The minimum absolute atomic E-state index is 0.156. The second-order valence-electron chi connectivity index (χ2n) is 5.95. The van der Waals surface area contributed by atoms with Gasteiger partial charge in [0.05, 0.1) is 11.8 Å². The molecule has 3 rings (SSSR count). The summed E-state index contributed by atoms with van der Waals surface area (Å²) in [5.74, 6) is 0.156. The lowest BCUT2D eigenvalue weighted by Crippen LogP contribution is -2.33. The van der Waals surface area contributed by atoms with E-state index in [1.807, 2.05) is 11.8 Å². The van der Waals surface area contributed by atoms with Crippen molar-refractivity contribution in [3.05, 3.63) is 17.5 Å². The van der Waals surface area contributed by atoms with E-state index in [1.165, 1.54) is 38.5 Å². The number of hydrogen-bond donors (Lipinski definition) is 1. The van der Waals surface area contributed by atoms with E-state index >= 15 is 0 Å². The number of H-pyrrole nitrogens is 1. The first-order chi connectivity index (χ1) is 8.70. The van der Waals surface area contributed by atoms with Crippen molar-refractivity contribution in [3.63, 3.8) is 0 Å². The van der Waals surface area contributed by atoms with Crippen molar-refractivity contribution in [2.45, 2.75) is 45.4 Å². The Balaban J connectivity index is 1.72. The Hall–Kier alpha value is -1.32. The van der Waals surface area contributed by atoms with Crippen LogP contribution in [-0.2, 0) is 0 Å². The molecule has 1 N–H and O–H groups in total. The molecule has 2 aliphatic rings. The molecule has 1 aliphatic heterocycles. The van der Waals surface area contributed by atoms with E-state index in [9.17, 15) is 4.79 Å². The molecule has 2 fully saturated rings. The van der Waals surface area contributed by atoms with E-state index in [2.05, 4.69) is 10.2 Å². The van der Waals surface area contributed by atoms with Gasteiger partial charge in [-0.3, -0.25) is 9.89 Å². The van der Waals surface area contributed by atoms with Crippen molar-refractivity contribution in [1.82, 2.24) is 15.1 Å². The summed E-state index contributed by atoms with van der Waals surface area (Å²) in [6.45, 7) is 3.78. The van der Waals surface area contributed by atoms with Crippen molar-refractivity contribution in [2.75, 3.05) is 13.1 Å². The fourth-order valence-corrected chi connectivity index (χ4v) is 3.56. The molecule has 0 aromatic carbocycles. The standard InChI is InChI=1S/C14H21N3O/c1-11-12(9-15-16-11)13(18)17-8-7-14(10-17)5-3-2-4-6-14/h9H,2-8,10H2,1H3,(H,15,16). The van der Waals surface area contributed by atoms with Crippen LogP contribution in [0.15, 0.2) is 6.20 Å². The van der Waals surface area contributed by atoms with Gasteiger partial charge in [-0.2, -0.15) is 5.10 Å². The monoisotopic (exact) mass is 247 g/mol. The van der Waals surface area contributed by atoms with Crippen LogP contribution in [-0.4, -0.2) is 34.1 Å². The largest absolute Gasteiger partial charge is 0.338 e. The Morgan fingerprint density at radius 3 is 2.78 bits per heavy atom. The first-order valence-corrected chi connectivity index (χ1v) is 6.99. The Bertz CT molecular complexity index is 446. The molecule has 1 saturated heterocycles. The van der Waals surface area contributed by atoms with E-state index in [0.717, 1.165) is 24.3 Å². The van der Waals surface area contributed by atoms with Crippen LogP contribution in [0, 0.1) is 12.3 Å². The third-order valence-corrected chi connectivity index (χ3v) is 4.70. The summed E-state index contributed by atoms with van der Waals surface area (Å²) in [5, 5.41) is 6.79. The average Bonchev–Trinajstić information content (AvgIpc) is 2.97. The number of nitrogens with zero attached hydrogens (tertiary/aromatic N) is 2. The number of aromatic nitrogens is 2. The molecule has 1 spiro atoms. The van der Waals surface area contributed by atoms with Crippen LogP contribution < -0.4 is 0 Å². The van der Waals surface area contributed by atoms with Crippen molar-refractivity contribution < 1.29 is 4.79 Å². The summed E-state index contributed by atoms with van der Waals surface area (Å²) < 4.78 is 0. The fourth-order valence-electron chi connectivity index (χ4n) is 3.56. The zero-order chi connectivity index (χ0) is 12.6. The lowest BCUT2D eigenvalue weighted by molar-refractivity contribution is 0.0758. The second kappa shape index (κ2) is 4.41. The molecule has 0 bridgehead atoms. The SMILES string of the molecule is Cc1[nH]ncc1C(=O)N1CCC2(CCCCC2)C1. The molecular formula is C14H21N3O. The van der Waals surface area contributed by atoms with Gasteiger partial charge in [-0.1, -0.05) is 19.3 Å². The summed E-state index contributed by atoms with van der Waals surface area (Å²) in [7, 11) is 0. The number of hydrogen-bond acceptors (Lipinski definition) is 2. The molecule has 0 radical (unpaired) electrons. The predicted octanol–water partition coefficient (Wildman–Crippen LogP) is 2.51. The maximum atomic E-state index is 12.4. The van der Waals surface area contributed by atoms with Gasteiger partial charge in [0.15, 0.2) is 0 Å². The molecule has 1 aromatic rings. The van der Waals surface area contributed by atoms with E-state index in [0.29, 0.717) is 5.41 Å². The van der Waals surface area contributed by atoms with Crippen molar-refractivity contribution in [3.8, 4) is 0 Å². The highest BCUT2D eigenvalue weighted by molar-refractivity contribution is 5.95. The Kier molecular flexibility index (Phi) is 2.88. The summed E-state index contributed by atoms with van der Waals surface area (Å²) in [5.41, 5.74) is 2.05. The molecule has 0 unspecified atom stereocenters. The first-order valence-electron chi connectivity index (χ1n) is 6.99. The second-order valence-corrected chi connectivity index (χ2v) is 5.95. The summed E-state index contributed by atoms with van der Waals surface area (Å²) >= 11 is 0. The molecule has 98 valence electrons. The van der Waals surface area contributed by atoms with Gasteiger partial charge in [-0.25, -0.2) is 0 Å². The number of nitrogens with one attached hydrogen (secondary N) is 1. The molecule has 4 nitrogen and oxygen atoms in total. The van der Waals surface area contributed by atoms with Crippen molar-refractivity contribution >= 4 is 5.91 Å². The zero-order valence-corrected chi connectivity index (χ0v) is 11.0. The van der Waals surface area contributed by atoms with Crippen LogP contribution in [0.25, 0.3) is 0 Å². The van der Waals surface area contributed by atoms with Crippen molar-refractivity contribution in [1.29, 1.82) is 0 Å². The van der Waals surface area contributed by atoms with Gasteiger partial charge in [0.2, 0.25) is 0 Å². The lowest BCUT2D eigenvalue weighted by Gasteiger charge is -2.33. The Labute approximate surface area is 108 Å². The quantitative estimate of drug-likeness (QED) is 0.829. The maximum absolute atomic E-state index is 12.4. The van der Waals surface area contributed by atoms with E-state index < -0.39 is 0 Å². The van der Waals surface area contributed by atoms with Crippen LogP contribution in [0.3, 0.4) is 0 Å². The van der Waals surface area contributed by atoms with Gasteiger partial charge in [-0.05, 0) is 31.6 Å². The van der Waals surface area contributed by atoms with Crippen LogP contribution in [0.2, 0.25) is 0 Å². The molecule has 1 amide bonds. The molecule has 4 heteroatoms. The molecule has 0 atom stereocenters. The number of carbonyl (C=O) groups is 1. The summed E-state index contributed by atoms with van der Waals surface area (Å²) in [6, 6.07) is 0. The third kappa shape index (κ3) is 1.93. The maximum Gasteiger partial charge on any atom is 0.257 e. The normalized spacial score (nSPS) is 22.6. The first kappa shape index (κ1) is 11.8. The van der Waals surface area contributed by atoms with Crippen LogP contribution in [0.5, 0.6) is 0 Å². The number of aromatic amines is 1. The predicted molar refractivity (Wildman–Crippen MR) is 69.4 cm³/mol. The number of aryl methyl sites for hydroxylation is 1. The molecular weight excluding hydrogens is 226 g/mol. The van der Waals surface area contributed by atoms with E-state index in [-0.39, 0.29) is 5.91 Å². The smallest absolute Gasteiger partial charge is 0.257 e. The molecule has 1 aliphatic carbocycles. The van der Waals surface area contributed by atoms with Gasteiger partial charge >= 0.3 is 0 Å². The molecule has 1 saturated carbocycles. The van der Waals surface area contributed by atoms with Gasteiger partial charge in [0, 0.05) is 18.8 Å². The Morgan fingerprint density at radius 1 is 1.33 bits per heavy atom. The topological polar surface area (TPSA) is 49.0 Å². The van der Waals surface area contributed by atoms with E-state index in [4.69, 9.17) is 0 Å². The highest BCUT2D eigenvalue weighted by atomic mass is 16.2. The summed E-state index contributed by atoms with van der Waals surface area (Å²) in [6.07, 6.45) is 9.51. The minimum atomic E-state index is 0.156. The van der Waals surface area contributed by atoms with Gasteiger partial charge in [0.25, 0.3) is 5.91 Å². The van der Waals surface area contributed by atoms with Crippen LogP contribution >= 0.6 is 0 Å². The highest BCUT2D eigenvalue weighted by Gasteiger charge is 2.40. The molecule has 18 heavy (non-hydrogen) atoms. The number of amides is 1. The highest BCUT2D eigenvalue weighted by Crippen LogP contribution is 2.43. The van der Waals surface area contributed by atoms with E-state index in [1.54, 1.807) is 6.20 Å². The number of likely N-dealkylation sites (tertiary alicyclic amines) is 1. The number of carbonyl (C=O) groups excluding carboxylic acids is 1. The van der Waals surface area contributed by atoms with Crippen molar-refractivity contribution in [2.24, 2.45) is 5.41 Å². The average molecular weight is 247 g/mol.